The molecule has 2 heterocycles. The number of aromatic nitrogens is 1. The van der Waals surface area contributed by atoms with E-state index in [-0.39, 0.29) is 5.91 Å². The number of piperazine rings is 1. The molecule has 1 saturated heterocycles. The fraction of sp³-hybridized carbons (Fsp3) is 0.650. The van der Waals surface area contributed by atoms with Crippen LogP contribution in [0.1, 0.15) is 38.5 Å². The summed E-state index contributed by atoms with van der Waals surface area (Å²) >= 11 is 0. The molecule has 3 rings (SSSR count). The van der Waals surface area contributed by atoms with Crippen LogP contribution >= 0.6 is 0 Å². The van der Waals surface area contributed by atoms with Crippen molar-refractivity contribution in [2.75, 3.05) is 44.7 Å². The number of carbonyl (C=O) groups excluding carboxylic acids is 1. The van der Waals surface area contributed by atoms with Gasteiger partial charge in [-0.3, -0.25) is 9.79 Å². The van der Waals surface area contributed by atoms with Gasteiger partial charge in [0, 0.05) is 58.4 Å². The first-order valence-corrected chi connectivity index (χ1v) is 10.2. The Kier molecular flexibility index (Phi) is 7.30. The summed E-state index contributed by atoms with van der Waals surface area (Å²) in [5.74, 6) is 2.05. The van der Waals surface area contributed by atoms with E-state index in [0.29, 0.717) is 19.0 Å². The van der Waals surface area contributed by atoms with Gasteiger partial charge in [0.25, 0.3) is 0 Å². The zero-order chi connectivity index (χ0) is 18.9. The Morgan fingerprint density at radius 1 is 1.19 bits per heavy atom. The van der Waals surface area contributed by atoms with Crippen LogP contribution in [0.3, 0.4) is 0 Å². The maximum Gasteiger partial charge on any atom is 0.221 e. The number of hydrogen-bond acceptors (Lipinski definition) is 4. The molecule has 0 aromatic carbocycles. The number of amides is 1. The van der Waals surface area contributed by atoms with E-state index in [0.717, 1.165) is 50.8 Å². The second-order valence-electron chi connectivity index (χ2n) is 7.29. The van der Waals surface area contributed by atoms with Crippen LogP contribution in [-0.4, -0.2) is 67.6 Å². The third kappa shape index (κ3) is 5.84. The molecule has 1 amide bonds. The maximum atomic E-state index is 12.1. The van der Waals surface area contributed by atoms with Crippen molar-refractivity contribution in [2.45, 2.75) is 44.6 Å². The Hall–Kier alpha value is -2.31. The molecule has 0 spiro atoms. The second kappa shape index (κ2) is 10.1. The molecule has 2 fully saturated rings. The number of rotatable bonds is 5. The first-order valence-electron chi connectivity index (χ1n) is 10.2. The predicted octanol–water partition coefficient (Wildman–Crippen LogP) is 1.62. The van der Waals surface area contributed by atoms with E-state index < -0.39 is 0 Å². The monoisotopic (exact) mass is 372 g/mol. The minimum absolute atomic E-state index is 0.143. The van der Waals surface area contributed by atoms with Gasteiger partial charge in [-0.05, 0) is 25.0 Å². The van der Waals surface area contributed by atoms with Gasteiger partial charge in [-0.25, -0.2) is 4.98 Å². The van der Waals surface area contributed by atoms with Crippen LogP contribution < -0.4 is 15.5 Å². The number of nitrogens with zero attached hydrogens (tertiary/aromatic N) is 4. The molecule has 1 aliphatic heterocycles. The highest BCUT2D eigenvalue weighted by molar-refractivity contribution is 5.81. The molecule has 1 aromatic rings. The van der Waals surface area contributed by atoms with Gasteiger partial charge in [-0.2, -0.15) is 0 Å². The van der Waals surface area contributed by atoms with Gasteiger partial charge in [-0.15, -0.1) is 0 Å². The summed E-state index contributed by atoms with van der Waals surface area (Å²) < 4.78 is 0. The third-order valence-corrected chi connectivity index (χ3v) is 5.37. The molecule has 0 atom stereocenters. The first kappa shape index (κ1) is 19.5. The molecule has 1 aromatic heterocycles. The Balaban J connectivity index is 1.37. The van der Waals surface area contributed by atoms with Gasteiger partial charge in [-0.1, -0.05) is 25.3 Å². The summed E-state index contributed by atoms with van der Waals surface area (Å²) in [6.45, 7) is 4.24. The quantitative estimate of drug-likeness (QED) is 0.607. The summed E-state index contributed by atoms with van der Waals surface area (Å²) in [4.78, 5) is 25.5. The number of aliphatic imine (C=N–C) groups is 1. The van der Waals surface area contributed by atoms with Crippen LogP contribution in [0.2, 0.25) is 0 Å². The summed E-state index contributed by atoms with van der Waals surface area (Å²) in [6, 6.07) is 6.39. The molecule has 0 bridgehead atoms. The average Bonchev–Trinajstić information content (AvgIpc) is 2.73. The molecule has 7 nitrogen and oxygen atoms in total. The summed E-state index contributed by atoms with van der Waals surface area (Å²) in [6.07, 6.45) is 8.35. The number of anilines is 1. The van der Waals surface area contributed by atoms with Crippen molar-refractivity contribution >= 4 is 17.7 Å². The summed E-state index contributed by atoms with van der Waals surface area (Å²) in [5, 5.41) is 6.51. The van der Waals surface area contributed by atoms with E-state index in [4.69, 9.17) is 0 Å². The number of guanidine groups is 1. The lowest BCUT2D eigenvalue weighted by Crippen LogP contribution is -2.53. The van der Waals surface area contributed by atoms with Crippen LogP contribution in [0.25, 0.3) is 0 Å². The zero-order valence-corrected chi connectivity index (χ0v) is 16.4. The molecule has 27 heavy (non-hydrogen) atoms. The van der Waals surface area contributed by atoms with Crippen molar-refractivity contribution in [1.82, 2.24) is 20.5 Å². The van der Waals surface area contributed by atoms with Crippen LogP contribution in [0.5, 0.6) is 0 Å². The lowest BCUT2D eigenvalue weighted by Gasteiger charge is -2.37. The van der Waals surface area contributed by atoms with E-state index in [1.807, 2.05) is 24.4 Å². The Labute approximate surface area is 162 Å². The lowest BCUT2D eigenvalue weighted by atomic mass is 9.95. The van der Waals surface area contributed by atoms with Crippen molar-refractivity contribution in [2.24, 2.45) is 4.99 Å². The minimum Gasteiger partial charge on any atom is -0.356 e. The standard InChI is InChI=1S/C20H32N6O/c1-21-20(23-12-10-19(27)24-17-7-3-2-4-8-17)26-15-13-25(14-16-26)18-9-5-6-11-22-18/h5-6,9,11,17H,2-4,7-8,10,12-16H2,1H3,(H,21,23)(H,24,27). The Bertz CT molecular complexity index is 606. The van der Waals surface area contributed by atoms with Gasteiger partial charge >= 0.3 is 0 Å². The fourth-order valence-electron chi connectivity index (χ4n) is 3.86. The topological polar surface area (TPSA) is 72.9 Å². The van der Waals surface area contributed by atoms with Gasteiger partial charge in [0.2, 0.25) is 5.91 Å². The van der Waals surface area contributed by atoms with Crippen molar-refractivity contribution < 1.29 is 4.79 Å². The van der Waals surface area contributed by atoms with E-state index in [2.05, 4.69) is 30.4 Å². The highest BCUT2D eigenvalue weighted by Crippen LogP contribution is 2.17. The summed E-state index contributed by atoms with van der Waals surface area (Å²) in [5.41, 5.74) is 0. The minimum atomic E-state index is 0.143. The predicted molar refractivity (Wildman–Crippen MR) is 109 cm³/mol. The molecule has 7 heteroatoms. The fourth-order valence-corrected chi connectivity index (χ4v) is 3.86. The van der Waals surface area contributed by atoms with Crippen LogP contribution in [0.15, 0.2) is 29.4 Å². The highest BCUT2D eigenvalue weighted by Gasteiger charge is 2.20. The maximum absolute atomic E-state index is 12.1. The molecule has 1 aliphatic carbocycles. The molecule has 0 radical (unpaired) electrons. The van der Waals surface area contributed by atoms with Crippen LogP contribution in [-0.2, 0) is 4.79 Å². The van der Waals surface area contributed by atoms with Gasteiger partial charge in [0.05, 0.1) is 0 Å². The van der Waals surface area contributed by atoms with E-state index in [1.165, 1.54) is 19.3 Å². The van der Waals surface area contributed by atoms with Crippen LogP contribution in [0, 0.1) is 0 Å². The number of hydrogen-bond donors (Lipinski definition) is 2. The molecule has 148 valence electrons. The van der Waals surface area contributed by atoms with Crippen molar-refractivity contribution in [3.8, 4) is 0 Å². The molecule has 0 unspecified atom stereocenters. The smallest absolute Gasteiger partial charge is 0.221 e. The van der Waals surface area contributed by atoms with Gasteiger partial charge in [0.15, 0.2) is 5.96 Å². The first-order chi connectivity index (χ1) is 13.3. The largest absolute Gasteiger partial charge is 0.356 e. The van der Waals surface area contributed by atoms with E-state index >= 15 is 0 Å². The SMILES string of the molecule is CN=C(NCCC(=O)NC1CCCCC1)N1CCN(c2ccccn2)CC1. The Morgan fingerprint density at radius 3 is 2.63 bits per heavy atom. The zero-order valence-electron chi connectivity index (χ0n) is 16.4. The van der Waals surface area contributed by atoms with Crippen molar-refractivity contribution in [3.05, 3.63) is 24.4 Å². The van der Waals surface area contributed by atoms with E-state index in [9.17, 15) is 4.79 Å². The average molecular weight is 373 g/mol. The number of nitrogens with one attached hydrogen (secondary N) is 2. The highest BCUT2D eigenvalue weighted by atomic mass is 16.1. The molecular formula is C20H32N6O. The van der Waals surface area contributed by atoms with Crippen molar-refractivity contribution in [1.29, 1.82) is 0 Å². The summed E-state index contributed by atoms with van der Waals surface area (Å²) in [7, 11) is 1.80. The molecule has 2 N–H and O–H groups in total. The third-order valence-electron chi connectivity index (χ3n) is 5.37. The van der Waals surface area contributed by atoms with Crippen molar-refractivity contribution in [3.63, 3.8) is 0 Å². The molecule has 2 aliphatic rings. The number of pyridine rings is 1. The molecular weight excluding hydrogens is 340 g/mol. The van der Waals surface area contributed by atoms with Gasteiger partial charge in [0.1, 0.15) is 5.82 Å². The van der Waals surface area contributed by atoms with E-state index in [1.54, 1.807) is 7.05 Å². The Morgan fingerprint density at radius 2 is 1.96 bits per heavy atom. The van der Waals surface area contributed by atoms with Crippen LogP contribution in [0.4, 0.5) is 5.82 Å². The second-order valence-corrected chi connectivity index (χ2v) is 7.29. The lowest BCUT2D eigenvalue weighted by molar-refractivity contribution is -0.121. The number of carbonyl (C=O) groups is 1. The molecule has 1 saturated carbocycles. The normalized spacial score (nSPS) is 19.1. The van der Waals surface area contributed by atoms with Gasteiger partial charge < -0.3 is 20.4 Å².